The Bertz CT molecular complexity index is 793. The molecule has 0 amide bonds. The Kier molecular flexibility index (Phi) is 3.25. The molecule has 1 aromatic carbocycles. The molecular weight excluding hydrogens is 266 g/mol. The Balaban J connectivity index is 2.24. The minimum atomic E-state index is 0.107. The zero-order chi connectivity index (χ0) is 15.0. The molecule has 1 N–H and O–H groups in total. The highest BCUT2D eigenvalue weighted by Crippen LogP contribution is 2.33. The van der Waals surface area contributed by atoms with Crippen LogP contribution in [0.2, 0.25) is 0 Å². The molecule has 0 atom stereocenters. The second kappa shape index (κ2) is 5.09. The molecule has 0 aliphatic heterocycles. The Morgan fingerprint density at radius 1 is 1.24 bits per heavy atom. The largest absolute Gasteiger partial charge is 0.504 e. The first-order valence-corrected chi connectivity index (χ1v) is 6.81. The van der Waals surface area contributed by atoms with E-state index in [2.05, 4.69) is 28.4 Å². The van der Waals surface area contributed by atoms with Gasteiger partial charge in [0.1, 0.15) is 11.3 Å². The summed E-state index contributed by atoms with van der Waals surface area (Å²) in [6.45, 7) is 4.21. The van der Waals surface area contributed by atoms with Crippen LogP contribution in [0.4, 0.5) is 0 Å². The van der Waals surface area contributed by atoms with Crippen molar-refractivity contribution in [2.24, 2.45) is 0 Å². The Morgan fingerprint density at radius 3 is 2.71 bits per heavy atom. The summed E-state index contributed by atoms with van der Waals surface area (Å²) in [7, 11) is 1.53. The van der Waals surface area contributed by atoms with E-state index in [1.54, 1.807) is 24.5 Å². The first-order valence-electron chi connectivity index (χ1n) is 6.81. The Labute approximate surface area is 122 Å². The van der Waals surface area contributed by atoms with Gasteiger partial charge < -0.3 is 14.4 Å². The van der Waals surface area contributed by atoms with E-state index in [1.165, 1.54) is 7.11 Å². The molecule has 2 heterocycles. The van der Waals surface area contributed by atoms with E-state index >= 15 is 0 Å². The third kappa shape index (κ3) is 2.20. The summed E-state index contributed by atoms with van der Waals surface area (Å²) in [4.78, 5) is 8.77. The number of ether oxygens (including phenoxy) is 1. The van der Waals surface area contributed by atoms with Crippen LogP contribution in [0, 0.1) is 0 Å². The highest BCUT2D eigenvalue weighted by atomic mass is 16.5. The molecule has 3 aromatic rings. The van der Waals surface area contributed by atoms with Gasteiger partial charge in [0.2, 0.25) is 0 Å². The van der Waals surface area contributed by atoms with E-state index in [4.69, 9.17) is 4.74 Å². The zero-order valence-electron chi connectivity index (χ0n) is 12.2. The molecule has 0 spiro atoms. The molecule has 0 fully saturated rings. The fourth-order valence-corrected chi connectivity index (χ4v) is 2.51. The van der Waals surface area contributed by atoms with Crippen LogP contribution in [0.3, 0.4) is 0 Å². The highest BCUT2D eigenvalue weighted by Gasteiger charge is 2.16. The van der Waals surface area contributed by atoms with Crippen LogP contribution in [0.25, 0.3) is 22.4 Å². The Hall–Kier alpha value is -2.56. The molecule has 108 valence electrons. The summed E-state index contributed by atoms with van der Waals surface area (Å²) < 4.78 is 7.22. The van der Waals surface area contributed by atoms with Crippen molar-refractivity contribution in [2.45, 2.75) is 19.9 Å². The topological polar surface area (TPSA) is 60.2 Å². The van der Waals surface area contributed by atoms with Crippen molar-refractivity contribution in [2.75, 3.05) is 7.11 Å². The average Bonchev–Trinajstić information content (AvgIpc) is 2.86. The van der Waals surface area contributed by atoms with Crippen LogP contribution >= 0.6 is 0 Å². The van der Waals surface area contributed by atoms with E-state index in [-0.39, 0.29) is 11.8 Å². The third-order valence-corrected chi connectivity index (χ3v) is 3.45. The minimum Gasteiger partial charge on any atom is -0.504 e. The summed E-state index contributed by atoms with van der Waals surface area (Å²) in [6, 6.07) is 7.51. The number of aromatic nitrogens is 3. The van der Waals surface area contributed by atoms with E-state index in [0.29, 0.717) is 5.75 Å². The smallest absolute Gasteiger partial charge is 0.160 e. The molecule has 0 saturated carbocycles. The molecule has 0 radical (unpaired) electrons. The quantitative estimate of drug-likeness (QED) is 0.800. The van der Waals surface area contributed by atoms with E-state index in [1.807, 2.05) is 12.1 Å². The van der Waals surface area contributed by atoms with Crippen LogP contribution in [0.1, 0.15) is 19.9 Å². The number of phenols is 1. The predicted molar refractivity (Wildman–Crippen MR) is 81.6 cm³/mol. The number of phenolic OH excluding ortho intramolecular Hbond substituents is 1. The monoisotopic (exact) mass is 283 g/mol. The van der Waals surface area contributed by atoms with E-state index in [9.17, 15) is 5.11 Å². The van der Waals surface area contributed by atoms with Gasteiger partial charge >= 0.3 is 0 Å². The van der Waals surface area contributed by atoms with Crippen molar-refractivity contribution in [3.05, 3.63) is 36.7 Å². The molecule has 0 bridgehead atoms. The molecule has 0 aliphatic carbocycles. The number of rotatable bonds is 3. The van der Waals surface area contributed by atoms with Crippen molar-refractivity contribution in [3.63, 3.8) is 0 Å². The molecule has 0 aliphatic rings. The standard InChI is InChI=1S/C16H17N3O2/c1-10(2)19-13-6-7-17-9-12(13)18-16(19)11-4-5-15(21-3)14(20)8-11/h4-10,20H,1-3H3. The highest BCUT2D eigenvalue weighted by molar-refractivity contribution is 5.80. The van der Waals surface area contributed by atoms with Gasteiger partial charge in [0.25, 0.3) is 0 Å². The van der Waals surface area contributed by atoms with Crippen molar-refractivity contribution >= 4 is 11.0 Å². The lowest BCUT2D eigenvalue weighted by molar-refractivity contribution is 0.373. The minimum absolute atomic E-state index is 0.107. The molecule has 0 saturated heterocycles. The third-order valence-electron chi connectivity index (χ3n) is 3.45. The van der Waals surface area contributed by atoms with Crippen LogP contribution < -0.4 is 4.74 Å². The normalized spacial score (nSPS) is 11.2. The maximum atomic E-state index is 9.98. The van der Waals surface area contributed by atoms with Crippen LogP contribution in [-0.2, 0) is 0 Å². The van der Waals surface area contributed by atoms with Gasteiger partial charge in [0.05, 0.1) is 18.8 Å². The zero-order valence-corrected chi connectivity index (χ0v) is 12.2. The number of pyridine rings is 1. The van der Waals surface area contributed by atoms with Crippen LogP contribution in [0.15, 0.2) is 36.7 Å². The SMILES string of the molecule is COc1ccc(-c2nc3cnccc3n2C(C)C)cc1O. The van der Waals surface area contributed by atoms with Gasteiger partial charge in [-0.2, -0.15) is 0 Å². The summed E-state index contributed by atoms with van der Waals surface area (Å²) in [5.41, 5.74) is 2.72. The number of hydrogen-bond acceptors (Lipinski definition) is 4. The predicted octanol–water partition coefficient (Wildman–Crippen LogP) is 3.39. The number of methoxy groups -OCH3 is 1. The maximum absolute atomic E-state index is 9.98. The second-order valence-corrected chi connectivity index (χ2v) is 5.15. The van der Waals surface area contributed by atoms with Crippen LogP contribution in [-0.4, -0.2) is 26.8 Å². The van der Waals surface area contributed by atoms with Gasteiger partial charge in [-0.05, 0) is 38.1 Å². The lowest BCUT2D eigenvalue weighted by Crippen LogP contribution is -2.03. The Morgan fingerprint density at radius 2 is 2.05 bits per heavy atom. The summed E-state index contributed by atoms with van der Waals surface area (Å²) >= 11 is 0. The molecular formula is C16H17N3O2. The maximum Gasteiger partial charge on any atom is 0.160 e. The van der Waals surface area contributed by atoms with Crippen molar-refractivity contribution in [1.82, 2.24) is 14.5 Å². The molecule has 5 heteroatoms. The summed E-state index contributed by atoms with van der Waals surface area (Å²) in [5, 5.41) is 9.98. The number of benzene rings is 1. The number of nitrogens with zero attached hydrogens (tertiary/aromatic N) is 3. The van der Waals surface area contributed by atoms with Gasteiger partial charge in [-0.1, -0.05) is 0 Å². The van der Waals surface area contributed by atoms with Crippen molar-refractivity contribution in [1.29, 1.82) is 0 Å². The van der Waals surface area contributed by atoms with Gasteiger partial charge in [0, 0.05) is 17.8 Å². The van der Waals surface area contributed by atoms with Crippen molar-refractivity contribution in [3.8, 4) is 22.9 Å². The lowest BCUT2D eigenvalue weighted by atomic mass is 10.2. The molecule has 3 rings (SSSR count). The fourth-order valence-electron chi connectivity index (χ4n) is 2.51. The van der Waals surface area contributed by atoms with Gasteiger partial charge in [-0.25, -0.2) is 4.98 Å². The summed E-state index contributed by atoms with van der Waals surface area (Å²) in [6.07, 6.45) is 3.51. The van der Waals surface area contributed by atoms with Gasteiger partial charge in [0.15, 0.2) is 11.5 Å². The lowest BCUT2D eigenvalue weighted by Gasteiger charge is -2.13. The number of hydrogen-bond donors (Lipinski definition) is 1. The van der Waals surface area contributed by atoms with Crippen molar-refractivity contribution < 1.29 is 9.84 Å². The van der Waals surface area contributed by atoms with Crippen LogP contribution in [0.5, 0.6) is 11.5 Å². The molecule has 5 nitrogen and oxygen atoms in total. The van der Waals surface area contributed by atoms with Gasteiger partial charge in [-0.3, -0.25) is 4.98 Å². The molecule has 2 aromatic heterocycles. The summed E-state index contributed by atoms with van der Waals surface area (Å²) in [5.74, 6) is 1.37. The first kappa shape index (κ1) is 13.4. The van der Waals surface area contributed by atoms with E-state index in [0.717, 1.165) is 22.4 Å². The first-order chi connectivity index (χ1) is 10.1. The van der Waals surface area contributed by atoms with E-state index < -0.39 is 0 Å². The second-order valence-electron chi connectivity index (χ2n) is 5.15. The molecule has 0 unspecified atom stereocenters. The average molecular weight is 283 g/mol. The number of imidazole rings is 1. The fraction of sp³-hybridized carbons (Fsp3) is 0.250. The number of aromatic hydroxyl groups is 1. The number of fused-ring (bicyclic) bond motifs is 1. The molecule has 21 heavy (non-hydrogen) atoms. The van der Waals surface area contributed by atoms with Gasteiger partial charge in [-0.15, -0.1) is 0 Å².